The molecule has 0 amide bonds. The normalized spacial score (nSPS) is 11.4. The molecule has 0 unspecified atom stereocenters. The summed E-state index contributed by atoms with van der Waals surface area (Å²) in [6.45, 7) is 0. The Bertz CT molecular complexity index is 1300. The predicted octanol–water partition coefficient (Wildman–Crippen LogP) is 4.45. The number of hydrogen-bond donors (Lipinski definition) is 2. The first-order chi connectivity index (χ1) is 14.3. The molecule has 154 valence electrons. The molecule has 2 aromatic carbocycles. The fourth-order valence-corrected chi connectivity index (χ4v) is 4.40. The Labute approximate surface area is 177 Å². The molecule has 30 heavy (non-hydrogen) atoms. The Morgan fingerprint density at radius 1 is 1.17 bits per heavy atom. The standard InChI is InChI=1S/C17H10ClF2N5O3S2/c18-11-4-16(30(26,27)24-17-7-29-8-21-17)12(20)5-15(11)28-14-2-1-9(19)3-10(14)13-6-22-25-23-13/h1-8,24H,(H,22,23,25). The number of nitrogens with zero attached hydrogens (tertiary/aromatic N) is 3. The maximum atomic E-state index is 14.6. The maximum absolute atomic E-state index is 14.6. The highest BCUT2D eigenvalue weighted by atomic mass is 35.5. The minimum Gasteiger partial charge on any atom is -0.455 e. The van der Waals surface area contributed by atoms with Crippen LogP contribution in [-0.4, -0.2) is 28.8 Å². The van der Waals surface area contributed by atoms with E-state index in [-0.39, 0.29) is 33.6 Å². The molecule has 0 spiro atoms. The first kappa shape index (κ1) is 20.2. The van der Waals surface area contributed by atoms with Crippen LogP contribution in [0.1, 0.15) is 0 Å². The number of aromatic amines is 1. The number of aromatic nitrogens is 4. The number of anilines is 1. The Morgan fingerprint density at radius 2 is 2.00 bits per heavy atom. The van der Waals surface area contributed by atoms with Crippen molar-refractivity contribution in [3.8, 4) is 22.8 Å². The highest BCUT2D eigenvalue weighted by molar-refractivity contribution is 7.92. The summed E-state index contributed by atoms with van der Waals surface area (Å²) < 4.78 is 61.0. The minimum atomic E-state index is -4.27. The van der Waals surface area contributed by atoms with Crippen molar-refractivity contribution >= 4 is 38.8 Å². The van der Waals surface area contributed by atoms with Gasteiger partial charge in [0.1, 0.15) is 33.7 Å². The fourth-order valence-electron chi connectivity index (χ4n) is 2.49. The van der Waals surface area contributed by atoms with Crippen LogP contribution in [-0.2, 0) is 10.0 Å². The zero-order chi connectivity index (χ0) is 21.3. The Hall–Kier alpha value is -3.09. The van der Waals surface area contributed by atoms with Crippen LogP contribution in [0.15, 0.2) is 52.3 Å². The SMILES string of the molecule is O=S(=O)(Nc1cscn1)c1cc(Cl)c(Oc2ccc(F)cc2-c2cn[nH]n2)cc1F. The number of nitrogens with one attached hydrogen (secondary N) is 2. The van der Waals surface area contributed by atoms with Crippen molar-refractivity contribution < 1.29 is 21.9 Å². The van der Waals surface area contributed by atoms with E-state index >= 15 is 0 Å². The van der Waals surface area contributed by atoms with Crippen molar-refractivity contribution in [1.82, 2.24) is 20.4 Å². The molecule has 0 saturated heterocycles. The van der Waals surface area contributed by atoms with Gasteiger partial charge in [0, 0.05) is 17.0 Å². The number of halogens is 3. The Balaban J connectivity index is 1.69. The predicted molar refractivity (Wildman–Crippen MR) is 106 cm³/mol. The molecule has 0 aliphatic rings. The van der Waals surface area contributed by atoms with Crippen LogP contribution in [0.25, 0.3) is 11.3 Å². The topological polar surface area (TPSA) is 110 Å². The molecule has 8 nitrogen and oxygen atoms in total. The third kappa shape index (κ3) is 4.10. The second-order valence-electron chi connectivity index (χ2n) is 5.79. The number of hydrogen-bond acceptors (Lipinski definition) is 7. The van der Waals surface area contributed by atoms with Crippen molar-refractivity contribution in [2.45, 2.75) is 4.90 Å². The summed E-state index contributed by atoms with van der Waals surface area (Å²) in [4.78, 5) is 3.12. The molecule has 2 aromatic heterocycles. The van der Waals surface area contributed by atoms with Crippen LogP contribution in [0.5, 0.6) is 11.5 Å². The lowest BCUT2D eigenvalue weighted by molar-refractivity contribution is 0.473. The van der Waals surface area contributed by atoms with Gasteiger partial charge in [0.25, 0.3) is 10.0 Å². The van der Waals surface area contributed by atoms with Gasteiger partial charge in [-0.3, -0.25) is 4.72 Å². The molecule has 13 heteroatoms. The maximum Gasteiger partial charge on any atom is 0.266 e. The number of sulfonamides is 1. The summed E-state index contributed by atoms with van der Waals surface area (Å²) in [5.74, 6) is -1.64. The van der Waals surface area contributed by atoms with Gasteiger partial charge in [-0.25, -0.2) is 22.2 Å². The highest BCUT2D eigenvalue weighted by Gasteiger charge is 2.23. The lowest BCUT2D eigenvalue weighted by Crippen LogP contribution is -2.15. The minimum absolute atomic E-state index is 0.0550. The number of ether oxygens (including phenoxy) is 1. The molecule has 2 N–H and O–H groups in total. The van der Waals surface area contributed by atoms with E-state index in [1.54, 1.807) is 0 Å². The van der Waals surface area contributed by atoms with Gasteiger partial charge in [0.05, 0.1) is 16.7 Å². The number of rotatable bonds is 6. The average molecular weight is 470 g/mol. The fraction of sp³-hybridized carbons (Fsp3) is 0. The lowest BCUT2D eigenvalue weighted by atomic mass is 10.1. The van der Waals surface area contributed by atoms with Gasteiger partial charge in [0.2, 0.25) is 0 Å². The highest BCUT2D eigenvalue weighted by Crippen LogP contribution is 2.37. The van der Waals surface area contributed by atoms with E-state index in [4.69, 9.17) is 16.3 Å². The molecule has 2 heterocycles. The number of H-pyrrole nitrogens is 1. The van der Waals surface area contributed by atoms with Gasteiger partial charge in [0.15, 0.2) is 5.82 Å². The first-order valence-corrected chi connectivity index (χ1v) is 10.9. The van der Waals surface area contributed by atoms with E-state index in [2.05, 4.69) is 25.1 Å². The molecule has 0 atom stereocenters. The van der Waals surface area contributed by atoms with Gasteiger partial charge in [-0.1, -0.05) is 11.6 Å². The van der Waals surface area contributed by atoms with Crippen LogP contribution < -0.4 is 9.46 Å². The first-order valence-electron chi connectivity index (χ1n) is 8.07. The van der Waals surface area contributed by atoms with Gasteiger partial charge < -0.3 is 4.74 Å². The zero-order valence-electron chi connectivity index (χ0n) is 14.6. The third-order valence-electron chi connectivity index (χ3n) is 3.80. The summed E-state index contributed by atoms with van der Waals surface area (Å²) >= 11 is 7.31. The summed E-state index contributed by atoms with van der Waals surface area (Å²) in [5, 5.41) is 11.2. The smallest absolute Gasteiger partial charge is 0.266 e. The largest absolute Gasteiger partial charge is 0.455 e. The van der Waals surface area contributed by atoms with E-state index < -0.39 is 26.6 Å². The summed E-state index contributed by atoms with van der Waals surface area (Å²) in [6.07, 6.45) is 1.35. The molecular weight excluding hydrogens is 460 g/mol. The van der Waals surface area contributed by atoms with Gasteiger partial charge in [-0.2, -0.15) is 15.4 Å². The molecule has 4 aromatic rings. The van der Waals surface area contributed by atoms with Crippen LogP contribution >= 0.6 is 22.9 Å². The summed E-state index contributed by atoms with van der Waals surface area (Å²) in [6, 6.07) is 5.35. The molecule has 0 bridgehead atoms. The average Bonchev–Trinajstić information content (AvgIpc) is 3.39. The molecular formula is C17H10ClF2N5O3S2. The van der Waals surface area contributed by atoms with E-state index in [1.807, 2.05) is 0 Å². The van der Waals surface area contributed by atoms with Gasteiger partial charge in [-0.15, -0.1) is 11.3 Å². The van der Waals surface area contributed by atoms with Crippen LogP contribution in [0, 0.1) is 11.6 Å². The van der Waals surface area contributed by atoms with E-state index in [9.17, 15) is 17.2 Å². The van der Waals surface area contributed by atoms with Crippen LogP contribution in [0.4, 0.5) is 14.6 Å². The van der Waals surface area contributed by atoms with Crippen molar-refractivity contribution in [2.24, 2.45) is 0 Å². The van der Waals surface area contributed by atoms with E-state index in [1.165, 1.54) is 34.5 Å². The number of thiazole rings is 1. The van der Waals surface area contributed by atoms with E-state index in [0.717, 1.165) is 24.3 Å². The molecule has 0 aliphatic carbocycles. The third-order valence-corrected chi connectivity index (χ3v) is 6.05. The second kappa shape index (κ2) is 7.97. The number of benzene rings is 2. The van der Waals surface area contributed by atoms with Crippen molar-refractivity contribution in [3.05, 3.63) is 64.1 Å². The quantitative estimate of drug-likeness (QED) is 0.431. The molecule has 0 fully saturated rings. The molecule has 4 rings (SSSR count). The van der Waals surface area contributed by atoms with Crippen molar-refractivity contribution in [3.63, 3.8) is 0 Å². The van der Waals surface area contributed by atoms with Gasteiger partial charge in [-0.05, 0) is 24.3 Å². The Kier molecular flexibility index (Phi) is 5.37. The monoisotopic (exact) mass is 469 g/mol. The summed E-state index contributed by atoms with van der Waals surface area (Å²) in [5.41, 5.74) is 1.95. The van der Waals surface area contributed by atoms with Crippen LogP contribution in [0.2, 0.25) is 5.02 Å². The van der Waals surface area contributed by atoms with Gasteiger partial charge >= 0.3 is 0 Å². The lowest BCUT2D eigenvalue weighted by Gasteiger charge is -2.13. The van der Waals surface area contributed by atoms with Crippen molar-refractivity contribution in [2.75, 3.05) is 4.72 Å². The second-order valence-corrected chi connectivity index (χ2v) is 8.57. The van der Waals surface area contributed by atoms with Crippen LogP contribution in [0.3, 0.4) is 0 Å². The Morgan fingerprint density at radius 3 is 2.70 bits per heavy atom. The van der Waals surface area contributed by atoms with E-state index in [0.29, 0.717) is 0 Å². The molecule has 0 saturated carbocycles. The molecule has 0 radical (unpaired) electrons. The van der Waals surface area contributed by atoms with Crippen molar-refractivity contribution in [1.29, 1.82) is 0 Å². The zero-order valence-corrected chi connectivity index (χ0v) is 17.0. The summed E-state index contributed by atoms with van der Waals surface area (Å²) in [7, 11) is -4.27. The molecule has 0 aliphatic heterocycles.